The van der Waals surface area contributed by atoms with Crippen LogP contribution in [-0.2, 0) is 6.42 Å². The second-order valence-corrected chi connectivity index (χ2v) is 12.4. The number of benzene rings is 2. The lowest BCUT2D eigenvalue weighted by atomic mass is 9.73. The third kappa shape index (κ3) is 8.10. The van der Waals surface area contributed by atoms with E-state index in [1.54, 1.807) is 11.1 Å². The number of allylic oxidation sites excluding steroid dienone is 6. The summed E-state index contributed by atoms with van der Waals surface area (Å²) in [5.74, 6) is 0. The van der Waals surface area contributed by atoms with E-state index >= 15 is 0 Å². The van der Waals surface area contributed by atoms with Crippen LogP contribution in [0, 0.1) is 12.3 Å². The molecule has 0 fully saturated rings. The molecule has 3 N–H and O–H groups in total. The number of aryl methyl sites for hydroxylation is 2. The van der Waals surface area contributed by atoms with Crippen molar-refractivity contribution in [3.8, 4) is 11.3 Å². The van der Waals surface area contributed by atoms with Crippen LogP contribution >= 0.6 is 0 Å². The molecule has 0 amide bonds. The zero-order chi connectivity index (χ0) is 30.0. The van der Waals surface area contributed by atoms with Gasteiger partial charge in [-0.2, -0.15) is 0 Å². The molecule has 42 heavy (non-hydrogen) atoms. The van der Waals surface area contributed by atoms with E-state index in [9.17, 15) is 0 Å². The topological polar surface area (TPSA) is 50.9 Å². The minimum Gasteiger partial charge on any atom is -0.399 e. The summed E-state index contributed by atoms with van der Waals surface area (Å²) in [5.41, 5.74) is 17.6. The quantitative estimate of drug-likeness (QED) is 0.131. The Labute approximate surface area is 254 Å². The maximum absolute atomic E-state index is 5.85. The van der Waals surface area contributed by atoms with Gasteiger partial charge in [0.1, 0.15) is 0 Å². The van der Waals surface area contributed by atoms with Crippen LogP contribution in [0.15, 0.2) is 96.6 Å². The number of pyridine rings is 1. The molecule has 3 nitrogen and oxygen atoms in total. The lowest BCUT2D eigenvalue weighted by Gasteiger charge is -2.32. The van der Waals surface area contributed by atoms with E-state index in [-0.39, 0.29) is 0 Å². The Balaban J connectivity index is 0.000000208. The van der Waals surface area contributed by atoms with E-state index in [0.717, 1.165) is 54.7 Å². The zero-order valence-electron chi connectivity index (χ0n) is 26.3. The Hall–Kier alpha value is -3.43. The summed E-state index contributed by atoms with van der Waals surface area (Å²) in [6.45, 7) is 13.2. The van der Waals surface area contributed by atoms with E-state index in [0.29, 0.717) is 5.41 Å². The lowest BCUT2D eigenvalue weighted by molar-refractivity contribution is 0.303. The maximum atomic E-state index is 5.85. The molecule has 0 saturated heterocycles. The number of anilines is 1. The summed E-state index contributed by atoms with van der Waals surface area (Å²) in [7, 11) is 2.06. The smallest absolute Gasteiger partial charge is 0.0741 e. The maximum Gasteiger partial charge on any atom is 0.0741 e. The second-order valence-electron chi connectivity index (χ2n) is 12.4. The second kappa shape index (κ2) is 15.2. The van der Waals surface area contributed by atoms with Crippen molar-refractivity contribution in [3.63, 3.8) is 0 Å². The number of nitrogen functional groups attached to an aromatic ring is 1. The van der Waals surface area contributed by atoms with Gasteiger partial charge < -0.3 is 11.1 Å². The Morgan fingerprint density at radius 1 is 1.07 bits per heavy atom. The first-order valence-corrected chi connectivity index (χ1v) is 15.9. The molecule has 0 spiro atoms. The van der Waals surface area contributed by atoms with Gasteiger partial charge in [-0.05, 0) is 145 Å². The average molecular weight is 562 g/mol. The highest BCUT2D eigenvalue weighted by Crippen LogP contribution is 2.51. The first-order valence-electron chi connectivity index (χ1n) is 15.9. The number of nitrogens with zero attached hydrogens (tertiary/aromatic N) is 1. The molecule has 2 aliphatic rings. The van der Waals surface area contributed by atoms with Crippen LogP contribution in [0.5, 0.6) is 0 Å². The molecule has 3 aromatic rings. The predicted molar refractivity (Wildman–Crippen MR) is 184 cm³/mol. The van der Waals surface area contributed by atoms with Crippen molar-refractivity contribution in [1.82, 2.24) is 10.3 Å². The van der Waals surface area contributed by atoms with Crippen molar-refractivity contribution in [2.24, 2.45) is 5.41 Å². The number of rotatable bonds is 12. The Bertz CT molecular complexity index is 1430. The van der Waals surface area contributed by atoms with Crippen molar-refractivity contribution >= 4 is 16.6 Å². The Morgan fingerprint density at radius 2 is 1.88 bits per heavy atom. The molecule has 0 saturated carbocycles. The summed E-state index contributed by atoms with van der Waals surface area (Å²) in [6.07, 6.45) is 20.3. The first-order chi connectivity index (χ1) is 20.3. The standard InChI is InChI=1S/C23H26N2.C16H25N/c1-16(2)6-4-5-7-19-15-20-14-17(3)8-13-22(20)25-23(19)18-9-11-21(24)12-10-18;1-3-4-10-16(12-13-17-2)11-9-14-7-5-6-8-15(14)16/h8-15H,1,4-7,24H2,2-3H3;3,6,8,17H,1,4-5,7,9-13H2,2H3. The molecular weight excluding hydrogens is 510 g/mol. The van der Waals surface area contributed by atoms with Gasteiger partial charge in [0, 0.05) is 16.6 Å². The highest BCUT2D eigenvalue weighted by molar-refractivity contribution is 5.84. The monoisotopic (exact) mass is 561 g/mol. The molecule has 0 bridgehead atoms. The molecule has 1 heterocycles. The van der Waals surface area contributed by atoms with Crippen LogP contribution in [0.3, 0.4) is 0 Å². The van der Waals surface area contributed by atoms with Gasteiger partial charge in [0.15, 0.2) is 0 Å². The molecule has 1 unspecified atom stereocenters. The number of hydrogen-bond acceptors (Lipinski definition) is 3. The number of fused-ring (bicyclic) bond motifs is 1. The van der Waals surface area contributed by atoms with Crippen molar-refractivity contribution in [3.05, 3.63) is 108 Å². The first kappa shape index (κ1) is 31.5. The minimum atomic E-state index is 0.448. The number of unbranched alkanes of at least 4 members (excludes halogenated alkanes) is 1. The molecular formula is C39H51N3. The van der Waals surface area contributed by atoms with E-state index in [1.165, 1.54) is 67.0 Å². The van der Waals surface area contributed by atoms with Crippen LogP contribution < -0.4 is 11.1 Å². The number of aromatic nitrogens is 1. The fourth-order valence-electron chi connectivity index (χ4n) is 6.60. The van der Waals surface area contributed by atoms with E-state index < -0.39 is 0 Å². The van der Waals surface area contributed by atoms with Crippen molar-refractivity contribution in [2.45, 2.75) is 84.5 Å². The number of nitrogens with two attached hydrogens (primary N) is 1. The Kier molecular flexibility index (Phi) is 11.4. The number of hydrogen-bond donors (Lipinski definition) is 2. The molecule has 0 aliphatic heterocycles. The van der Waals surface area contributed by atoms with Crippen molar-refractivity contribution < 1.29 is 0 Å². The third-order valence-electron chi connectivity index (χ3n) is 8.97. The molecule has 1 atom stereocenters. The van der Waals surface area contributed by atoms with Crippen LogP contribution in [0.1, 0.15) is 82.3 Å². The zero-order valence-corrected chi connectivity index (χ0v) is 26.3. The van der Waals surface area contributed by atoms with Gasteiger partial charge in [0.2, 0.25) is 0 Å². The van der Waals surface area contributed by atoms with Crippen LogP contribution in [0.25, 0.3) is 22.2 Å². The number of nitrogens with one attached hydrogen (secondary N) is 1. The van der Waals surface area contributed by atoms with Gasteiger partial charge >= 0.3 is 0 Å². The molecule has 2 aliphatic carbocycles. The minimum absolute atomic E-state index is 0.448. The normalized spacial score (nSPS) is 17.6. The summed E-state index contributed by atoms with van der Waals surface area (Å²) in [4.78, 5) is 4.97. The van der Waals surface area contributed by atoms with Gasteiger partial charge in [-0.15, -0.1) is 13.2 Å². The highest BCUT2D eigenvalue weighted by atomic mass is 14.8. The van der Waals surface area contributed by atoms with Gasteiger partial charge in [0.05, 0.1) is 11.2 Å². The summed E-state index contributed by atoms with van der Waals surface area (Å²) >= 11 is 0. The van der Waals surface area contributed by atoms with Crippen LogP contribution in [0.2, 0.25) is 0 Å². The Morgan fingerprint density at radius 3 is 2.62 bits per heavy atom. The van der Waals surface area contributed by atoms with Crippen molar-refractivity contribution in [1.29, 1.82) is 0 Å². The fourth-order valence-corrected chi connectivity index (χ4v) is 6.60. The van der Waals surface area contributed by atoms with Gasteiger partial charge in [-0.1, -0.05) is 53.1 Å². The summed E-state index contributed by atoms with van der Waals surface area (Å²) in [5, 5.41) is 4.54. The van der Waals surface area contributed by atoms with Gasteiger partial charge in [-0.3, -0.25) is 0 Å². The van der Waals surface area contributed by atoms with E-state index in [2.05, 4.69) is 94.0 Å². The molecule has 222 valence electrons. The molecule has 2 aromatic carbocycles. The summed E-state index contributed by atoms with van der Waals surface area (Å²) < 4.78 is 0. The lowest BCUT2D eigenvalue weighted by Crippen LogP contribution is -2.25. The van der Waals surface area contributed by atoms with E-state index in [4.69, 9.17) is 10.7 Å². The fraction of sp³-hybridized carbons (Fsp3) is 0.410. The molecule has 5 rings (SSSR count). The molecule has 0 radical (unpaired) electrons. The SMILES string of the molecule is C=C(C)CCCCc1cc2cc(C)ccc2nc1-c1ccc(N)cc1.C=CCCC1(CCNC)CCC2=C1C=CCC2. The molecule has 1 aromatic heterocycles. The average Bonchev–Trinajstić information content (AvgIpc) is 3.36. The molecule has 3 heteroatoms. The van der Waals surface area contributed by atoms with Gasteiger partial charge in [-0.25, -0.2) is 4.98 Å². The highest BCUT2D eigenvalue weighted by Gasteiger charge is 2.38. The predicted octanol–water partition coefficient (Wildman–Crippen LogP) is 10.1. The van der Waals surface area contributed by atoms with Gasteiger partial charge in [0.25, 0.3) is 0 Å². The largest absolute Gasteiger partial charge is 0.399 e. The third-order valence-corrected chi connectivity index (χ3v) is 8.97. The van der Waals surface area contributed by atoms with Crippen LogP contribution in [0.4, 0.5) is 5.69 Å². The van der Waals surface area contributed by atoms with E-state index in [1.807, 2.05) is 12.1 Å². The van der Waals surface area contributed by atoms with Crippen molar-refractivity contribution in [2.75, 3.05) is 19.3 Å². The van der Waals surface area contributed by atoms with Crippen LogP contribution in [-0.4, -0.2) is 18.6 Å². The summed E-state index contributed by atoms with van der Waals surface area (Å²) in [6, 6.07) is 16.8.